The SMILES string of the molecule is O=C(Cn1cnc2cc(F)c(F)cc21)Nc1cccc(S(=O)(=O)N2CCOCC2)c1. The van der Waals surface area contributed by atoms with Gasteiger partial charge in [-0.15, -0.1) is 0 Å². The third kappa shape index (κ3) is 4.04. The van der Waals surface area contributed by atoms with Gasteiger partial charge in [-0.1, -0.05) is 6.07 Å². The topological polar surface area (TPSA) is 93.5 Å². The van der Waals surface area contributed by atoms with Crippen molar-refractivity contribution in [1.29, 1.82) is 0 Å². The molecule has 0 aliphatic carbocycles. The molecule has 1 aliphatic heterocycles. The van der Waals surface area contributed by atoms with Crippen molar-refractivity contribution in [2.75, 3.05) is 31.6 Å². The van der Waals surface area contributed by atoms with Crippen LogP contribution in [0.4, 0.5) is 14.5 Å². The summed E-state index contributed by atoms with van der Waals surface area (Å²) < 4.78 is 60.3. The van der Waals surface area contributed by atoms with Crippen LogP contribution in [0.15, 0.2) is 47.6 Å². The summed E-state index contributed by atoms with van der Waals surface area (Å²) in [5.41, 5.74) is 0.795. The van der Waals surface area contributed by atoms with Gasteiger partial charge in [-0.3, -0.25) is 4.79 Å². The van der Waals surface area contributed by atoms with Crippen LogP contribution in [0.2, 0.25) is 0 Å². The van der Waals surface area contributed by atoms with E-state index in [9.17, 15) is 22.0 Å². The average molecular weight is 436 g/mol. The van der Waals surface area contributed by atoms with Gasteiger partial charge in [0.25, 0.3) is 0 Å². The molecule has 1 fully saturated rings. The Morgan fingerprint density at radius 1 is 1.13 bits per heavy atom. The van der Waals surface area contributed by atoms with Crippen molar-refractivity contribution >= 4 is 32.7 Å². The minimum Gasteiger partial charge on any atom is -0.379 e. The van der Waals surface area contributed by atoms with Gasteiger partial charge in [0.05, 0.1) is 35.5 Å². The molecule has 0 radical (unpaired) electrons. The second-order valence-corrected chi connectivity index (χ2v) is 8.66. The summed E-state index contributed by atoms with van der Waals surface area (Å²) in [4.78, 5) is 16.5. The molecule has 0 bridgehead atoms. The highest BCUT2D eigenvalue weighted by Crippen LogP contribution is 2.21. The van der Waals surface area contributed by atoms with Crippen molar-refractivity contribution in [3.8, 4) is 0 Å². The number of nitrogens with one attached hydrogen (secondary N) is 1. The zero-order valence-corrected chi connectivity index (χ0v) is 16.5. The van der Waals surface area contributed by atoms with E-state index in [4.69, 9.17) is 4.74 Å². The number of carbonyl (C=O) groups excluding carboxylic acids is 1. The minimum absolute atomic E-state index is 0.0628. The average Bonchev–Trinajstić information content (AvgIpc) is 3.10. The van der Waals surface area contributed by atoms with Crippen LogP contribution in [0.5, 0.6) is 0 Å². The molecule has 8 nitrogen and oxygen atoms in total. The molecule has 0 saturated carbocycles. The summed E-state index contributed by atoms with van der Waals surface area (Å²) in [7, 11) is -3.70. The highest BCUT2D eigenvalue weighted by molar-refractivity contribution is 7.89. The quantitative estimate of drug-likeness (QED) is 0.660. The zero-order valence-electron chi connectivity index (χ0n) is 15.7. The summed E-state index contributed by atoms with van der Waals surface area (Å²) >= 11 is 0. The number of amides is 1. The van der Waals surface area contributed by atoms with Crippen molar-refractivity contribution in [1.82, 2.24) is 13.9 Å². The molecule has 30 heavy (non-hydrogen) atoms. The molecular formula is C19H18F2N4O4S. The Kier molecular flexibility index (Phi) is 5.50. The van der Waals surface area contributed by atoms with E-state index in [1.807, 2.05) is 0 Å². The number of nitrogens with zero attached hydrogens (tertiary/aromatic N) is 3. The molecule has 2 heterocycles. The number of halogens is 2. The maximum absolute atomic E-state index is 13.5. The predicted molar refractivity (Wildman–Crippen MR) is 104 cm³/mol. The summed E-state index contributed by atoms with van der Waals surface area (Å²) in [6.45, 7) is 0.994. The Morgan fingerprint density at radius 2 is 1.87 bits per heavy atom. The molecule has 1 aromatic heterocycles. The Bertz CT molecular complexity index is 1210. The number of rotatable bonds is 5. The number of ether oxygens (including phenoxy) is 1. The van der Waals surface area contributed by atoms with Crippen molar-refractivity contribution in [3.63, 3.8) is 0 Å². The van der Waals surface area contributed by atoms with E-state index in [-0.39, 0.29) is 35.6 Å². The largest absolute Gasteiger partial charge is 0.379 e. The number of morpholine rings is 1. The molecule has 4 rings (SSSR count). The lowest BCUT2D eigenvalue weighted by Crippen LogP contribution is -2.40. The summed E-state index contributed by atoms with van der Waals surface area (Å²) in [5.74, 6) is -2.53. The summed E-state index contributed by atoms with van der Waals surface area (Å²) in [5, 5.41) is 2.62. The highest BCUT2D eigenvalue weighted by atomic mass is 32.2. The van der Waals surface area contributed by atoms with Gasteiger partial charge in [0.15, 0.2) is 11.6 Å². The van der Waals surface area contributed by atoms with E-state index in [1.165, 1.54) is 33.4 Å². The van der Waals surface area contributed by atoms with Gasteiger partial charge in [0, 0.05) is 30.9 Å². The van der Waals surface area contributed by atoms with Crippen molar-refractivity contribution in [3.05, 3.63) is 54.4 Å². The van der Waals surface area contributed by atoms with Crippen LogP contribution in [0.25, 0.3) is 11.0 Å². The van der Waals surface area contributed by atoms with E-state index < -0.39 is 27.6 Å². The fourth-order valence-electron chi connectivity index (χ4n) is 3.20. The smallest absolute Gasteiger partial charge is 0.244 e. The monoisotopic (exact) mass is 436 g/mol. The van der Waals surface area contributed by atoms with E-state index in [2.05, 4.69) is 10.3 Å². The normalized spacial score (nSPS) is 15.4. The highest BCUT2D eigenvalue weighted by Gasteiger charge is 2.26. The minimum atomic E-state index is -3.70. The van der Waals surface area contributed by atoms with Crippen LogP contribution in [0.3, 0.4) is 0 Å². The maximum atomic E-state index is 13.5. The molecule has 158 valence electrons. The Hall–Kier alpha value is -2.89. The van der Waals surface area contributed by atoms with Gasteiger partial charge in [-0.05, 0) is 18.2 Å². The van der Waals surface area contributed by atoms with Crippen molar-refractivity contribution in [2.24, 2.45) is 0 Å². The van der Waals surface area contributed by atoms with Crippen molar-refractivity contribution in [2.45, 2.75) is 11.4 Å². The molecule has 11 heteroatoms. The first-order valence-corrected chi connectivity index (χ1v) is 10.6. The lowest BCUT2D eigenvalue weighted by atomic mass is 10.3. The molecule has 1 N–H and O–H groups in total. The lowest BCUT2D eigenvalue weighted by Gasteiger charge is -2.26. The van der Waals surface area contributed by atoms with Crippen LogP contribution in [0.1, 0.15) is 0 Å². The van der Waals surface area contributed by atoms with Crippen LogP contribution in [0, 0.1) is 11.6 Å². The fraction of sp³-hybridized carbons (Fsp3) is 0.263. The second kappa shape index (κ2) is 8.09. The van der Waals surface area contributed by atoms with E-state index >= 15 is 0 Å². The molecule has 0 unspecified atom stereocenters. The standard InChI is InChI=1S/C19H18F2N4O4S/c20-15-9-17-18(10-16(15)21)24(12-22-17)11-19(26)23-13-2-1-3-14(8-13)30(27,28)25-4-6-29-7-5-25/h1-3,8-10,12H,4-7,11H2,(H,23,26). The number of sulfonamides is 1. The fourth-order valence-corrected chi connectivity index (χ4v) is 4.66. The first kappa shape index (κ1) is 20.4. The molecule has 3 aromatic rings. The van der Waals surface area contributed by atoms with E-state index in [0.717, 1.165) is 12.1 Å². The van der Waals surface area contributed by atoms with Crippen LogP contribution in [-0.2, 0) is 26.1 Å². The number of imidazole rings is 1. The lowest BCUT2D eigenvalue weighted by molar-refractivity contribution is -0.116. The summed E-state index contributed by atoms with van der Waals surface area (Å²) in [6.07, 6.45) is 1.31. The third-order valence-electron chi connectivity index (χ3n) is 4.70. The Morgan fingerprint density at radius 3 is 2.63 bits per heavy atom. The van der Waals surface area contributed by atoms with E-state index in [0.29, 0.717) is 18.9 Å². The van der Waals surface area contributed by atoms with Gasteiger partial charge in [0.2, 0.25) is 15.9 Å². The molecule has 0 spiro atoms. The summed E-state index contributed by atoms with van der Waals surface area (Å²) in [6, 6.07) is 7.87. The Labute approximate surface area is 171 Å². The molecule has 1 aliphatic rings. The second-order valence-electron chi connectivity index (χ2n) is 6.72. The number of fused-ring (bicyclic) bond motifs is 1. The van der Waals surface area contributed by atoms with Crippen LogP contribution >= 0.6 is 0 Å². The number of hydrogen-bond acceptors (Lipinski definition) is 5. The number of benzene rings is 2. The van der Waals surface area contributed by atoms with Crippen LogP contribution < -0.4 is 5.32 Å². The van der Waals surface area contributed by atoms with Gasteiger partial charge >= 0.3 is 0 Å². The van der Waals surface area contributed by atoms with E-state index in [1.54, 1.807) is 6.07 Å². The molecular weight excluding hydrogens is 418 g/mol. The number of anilines is 1. The van der Waals surface area contributed by atoms with Gasteiger partial charge in [-0.25, -0.2) is 22.2 Å². The number of carbonyl (C=O) groups is 1. The van der Waals surface area contributed by atoms with Gasteiger partial charge in [-0.2, -0.15) is 4.31 Å². The number of aromatic nitrogens is 2. The zero-order chi connectivity index (χ0) is 21.3. The predicted octanol–water partition coefficient (Wildman–Crippen LogP) is 1.97. The first-order valence-electron chi connectivity index (χ1n) is 9.12. The van der Waals surface area contributed by atoms with Gasteiger partial charge in [0.1, 0.15) is 6.54 Å². The van der Waals surface area contributed by atoms with Crippen LogP contribution in [-0.4, -0.2) is 54.5 Å². The Balaban J connectivity index is 1.50. The molecule has 1 amide bonds. The first-order chi connectivity index (χ1) is 14.3. The molecule has 0 atom stereocenters. The molecule has 1 saturated heterocycles. The van der Waals surface area contributed by atoms with Crippen molar-refractivity contribution < 1.29 is 26.7 Å². The third-order valence-corrected chi connectivity index (χ3v) is 6.60. The maximum Gasteiger partial charge on any atom is 0.244 e. The number of hydrogen-bond donors (Lipinski definition) is 1. The van der Waals surface area contributed by atoms with Gasteiger partial charge < -0.3 is 14.6 Å². The molecule has 2 aromatic carbocycles.